The fourth-order valence-corrected chi connectivity index (χ4v) is 2.41. The fraction of sp³-hybridized carbons (Fsp3) is 0.611. The lowest BCUT2D eigenvalue weighted by Crippen LogP contribution is -2.41. The van der Waals surface area contributed by atoms with Crippen molar-refractivity contribution in [2.24, 2.45) is 0 Å². The number of H-pyrrole nitrogens is 2. The number of hydrogen-bond donors (Lipinski definition) is 3. The van der Waals surface area contributed by atoms with Gasteiger partial charge in [0.1, 0.15) is 5.60 Å². The Kier molecular flexibility index (Phi) is 5.96. The summed E-state index contributed by atoms with van der Waals surface area (Å²) in [6, 6.07) is 0. The zero-order valence-corrected chi connectivity index (χ0v) is 17.4. The minimum absolute atomic E-state index is 0.0321. The summed E-state index contributed by atoms with van der Waals surface area (Å²) in [7, 11) is -0.786. The highest BCUT2D eigenvalue weighted by atomic mass is 16.7. The molecule has 0 bridgehead atoms. The molecule has 0 spiro atoms. The number of aromatic amines is 2. The van der Waals surface area contributed by atoms with Crippen LogP contribution < -0.4 is 16.6 Å². The summed E-state index contributed by atoms with van der Waals surface area (Å²) in [5.74, 6) is 0. The number of hydrogen-bond acceptors (Lipinski definition) is 6. The second-order valence-electron chi connectivity index (χ2n) is 8.69. The van der Waals surface area contributed by atoms with E-state index in [4.69, 9.17) is 14.0 Å². The molecule has 2 heterocycles. The molecule has 3 N–H and O–H groups in total. The fourth-order valence-electron chi connectivity index (χ4n) is 2.41. The van der Waals surface area contributed by atoms with Gasteiger partial charge >= 0.3 is 18.9 Å². The van der Waals surface area contributed by atoms with Crippen LogP contribution in [0.3, 0.4) is 0 Å². The van der Waals surface area contributed by atoms with Gasteiger partial charge in [-0.2, -0.15) is 0 Å². The third-order valence-corrected chi connectivity index (χ3v) is 4.58. The van der Waals surface area contributed by atoms with E-state index in [-0.39, 0.29) is 12.1 Å². The van der Waals surface area contributed by atoms with Gasteiger partial charge in [0, 0.05) is 12.7 Å². The quantitative estimate of drug-likeness (QED) is 0.668. The predicted octanol–water partition coefficient (Wildman–Crippen LogP) is 1.60. The van der Waals surface area contributed by atoms with Crippen molar-refractivity contribution in [3.63, 3.8) is 0 Å². The first-order valence-electron chi connectivity index (χ1n) is 9.05. The molecule has 0 atom stereocenters. The SMILES string of the molecule is CC(C)(C)OC(=O)NCC(=Cc1c[nH]c(=O)[nH]c1=O)B1OC(C)(C)C(C)(C)O1. The van der Waals surface area contributed by atoms with Crippen LogP contribution in [0.4, 0.5) is 4.79 Å². The molecule has 0 aromatic carbocycles. The van der Waals surface area contributed by atoms with Crippen molar-refractivity contribution in [3.05, 3.63) is 38.1 Å². The van der Waals surface area contributed by atoms with Gasteiger partial charge in [0.2, 0.25) is 0 Å². The summed E-state index contributed by atoms with van der Waals surface area (Å²) in [4.78, 5) is 39.9. The molecule has 1 saturated heterocycles. The van der Waals surface area contributed by atoms with E-state index in [0.29, 0.717) is 5.47 Å². The number of carbonyl (C=O) groups is 1. The van der Waals surface area contributed by atoms with Crippen molar-refractivity contribution in [2.75, 3.05) is 6.54 Å². The first-order chi connectivity index (χ1) is 12.7. The Morgan fingerprint density at radius 2 is 1.79 bits per heavy atom. The Balaban J connectivity index is 2.31. The summed E-state index contributed by atoms with van der Waals surface area (Å²) in [5.41, 5.74) is -2.30. The van der Waals surface area contributed by atoms with Gasteiger partial charge in [-0.05, 0) is 53.9 Å². The van der Waals surface area contributed by atoms with Crippen LogP contribution in [0.5, 0.6) is 0 Å². The highest BCUT2D eigenvalue weighted by Gasteiger charge is 2.52. The number of aromatic nitrogens is 2. The Labute approximate surface area is 164 Å². The highest BCUT2D eigenvalue weighted by Crippen LogP contribution is 2.38. The average Bonchev–Trinajstić information content (AvgIpc) is 2.71. The molecular weight excluding hydrogens is 365 g/mol. The van der Waals surface area contributed by atoms with Crippen LogP contribution in [0.25, 0.3) is 6.08 Å². The molecule has 28 heavy (non-hydrogen) atoms. The topological polar surface area (TPSA) is 123 Å². The molecule has 10 heteroatoms. The second kappa shape index (κ2) is 7.59. The molecule has 0 unspecified atom stereocenters. The first kappa shape index (κ1) is 22.0. The van der Waals surface area contributed by atoms with E-state index in [2.05, 4.69) is 15.3 Å². The number of carbonyl (C=O) groups excluding carboxylic acids is 1. The van der Waals surface area contributed by atoms with Crippen LogP contribution in [0, 0.1) is 0 Å². The third-order valence-electron chi connectivity index (χ3n) is 4.58. The molecule has 1 amide bonds. The van der Waals surface area contributed by atoms with Gasteiger partial charge in [-0.25, -0.2) is 9.59 Å². The second-order valence-corrected chi connectivity index (χ2v) is 8.69. The van der Waals surface area contributed by atoms with Gasteiger partial charge in [0.15, 0.2) is 0 Å². The van der Waals surface area contributed by atoms with Crippen LogP contribution in [-0.4, -0.2) is 46.5 Å². The molecule has 1 aromatic rings. The predicted molar refractivity (Wildman–Crippen MR) is 106 cm³/mol. The molecule has 1 aliphatic rings. The summed E-state index contributed by atoms with van der Waals surface area (Å²) >= 11 is 0. The maximum absolute atomic E-state index is 12.1. The highest BCUT2D eigenvalue weighted by molar-refractivity contribution is 6.56. The zero-order chi connectivity index (χ0) is 21.3. The van der Waals surface area contributed by atoms with Gasteiger partial charge in [-0.15, -0.1) is 0 Å². The molecule has 0 radical (unpaired) electrons. The molecule has 1 aromatic heterocycles. The van der Waals surface area contributed by atoms with Crippen molar-refractivity contribution in [1.29, 1.82) is 0 Å². The lowest BCUT2D eigenvalue weighted by Gasteiger charge is -2.32. The Hall–Kier alpha value is -2.33. The van der Waals surface area contributed by atoms with Crippen LogP contribution in [0.15, 0.2) is 21.3 Å². The lowest BCUT2D eigenvalue weighted by atomic mass is 9.77. The summed E-state index contributed by atoms with van der Waals surface area (Å²) in [6.07, 6.45) is 2.21. The summed E-state index contributed by atoms with van der Waals surface area (Å²) in [5, 5.41) is 2.65. The zero-order valence-electron chi connectivity index (χ0n) is 17.4. The number of nitrogens with one attached hydrogen (secondary N) is 3. The van der Waals surface area contributed by atoms with Crippen molar-refractivity contribution >= 4 is 19.3 Å². The van der Waals surface area contributed by atoms with E-state index in [0.717, 1.165) is 0 Å². The van der Waals surface area contributed by atoms with Gasteiger partial charge in [-0.1, -0.05) is 6.08 Å². The third kappa shape index (κ3) is 5.36. The molecule has 0 aliphatic carbocycles. The molecular formula is C18H28BN3O6. The van der Waals surface area contributed by atoms with Gasteiger partial charge < -0.3 is 24.3 Å². The number of rotatable bonds is 4. The van der Waals surface area contributed by atoms with E-state index in [1.807, 2.05) is 27.7 Å². The Morgan fingerprint density at radius 1 is 1.21 bits per heavy atom. The van der Waals surface area contributed by atoms with Gasteiger partial charge in [-0.3, -0.25) is 9.78 Å². The lowest BCUT2D eigenvalue weighted by molar-refractivity contribution is 0.00578. The molecule has 1 fully saturated rings. The molecule has 1 aliphatic heterocycles. The van der Waals surface area contributed by atoms with E-state index in [1.165, 1.54) is 12.3 Å². The van der Waals surface area contributed by atoms with E-state index in [9.17, 15) is 14.4 Å². The van der Waals surface area contributed by atoms with Crippen molar-refractivity contribution in [3.8, 4) is 0 Å². The van der Waals surface area contributed by atoms with Crippen molar-refractivity contribution in [1.82, 2.24) is 15.3 Å². The monoisotopic (exact) mass is 393 g/mol. The number of amides is 1. The smallest absolute Gasteiger partial charge is 0.444 e. The standard InChI is InChI=1S/C18H28BN3O6/c1-16(2,3)26-15(25)21-10-12(8-11-9-20-14(24)22-13(11)23)19-27-17(4,5)18(6,7)28-19/h8-9H,10H2,1-7H3,(H,21,25)(H2,20,22,23,24). The van der Waals surface area contributed by atoms with E-state index < -0.39 is 41.3 Å². The maximum atomic E-state index is 12.1. The van der Waals surface area contributed by atoms with E-state index >= 15 is 0 Å². The molecule has 2 rings (SSSR count). The molecule has 0 saturated carbocycles. The minimum atomic E-state index is -0.786. The largest absolute Gasteiger partial charge is 0.492 e. The number of alkyl carbamates (subject to hydrolysis) is 1. The summed E-state index contributed by atoms with van der Waals surface area (Å²) < 4.78 is 17.3. The van der Waals surface area contributed by atoms with Gasteiger partial charge in [0.25, 0.3) is 5.56 Å². The normalized spacial score (nSPS) is 18.8. The van der Waals surface area contributed by atoms with Crippen LogP contribution in [-0.2, 0) is 14.0 Å². The van der Waals surface area contributed by atoms with Gasteiger partial charge in [0.05, 0.1) is 16.8 Å². The van der Waals surface area contributed by atoms with E-state index in [1.54, 1.807) is 20.8 Å². The van der Waals surface area contributed by atoms with Crippen molar-refractivity contribution < 1.29 is 18.8 Å². The minimum Gasteiger partial charge on any atom is -0.444 e. The molecule has 154 valence electrons. The van der Waals surface area contributed by atoms with Crippen LogP contribution in [0.2, 0.25) is 0 Å². The summed E-state index contributed by atoms with van der Waals surface area (Å²) in [6.45, 7) is 12.9. The Bertz CT molecular complexity index is 862. The maximum Gasteiger partial charge on any atom is 0.492 e. The number of ether oxygens (including phenoxy) is 1. The van der Waals surface area contributed by atoms with Crippen LogP contribution >= 0.6 is 0 Å². The Morgan fingerprint density at radius 3 is 2.29 bits per heavy atom. The first-order valence-corrected chi connectivity index (χ1v) is 9.05. The van der Waals surface area contributed by atoms with Crippen LogP contribution in [0.1, 0.15) is 54.0 Å². The van der Waals surface area contributed by atoms with Crippen molar-refractivity contribution in [2.45, 2.75) is 65.3 Å². The molecule has 9 nitrogen and oxygen atoms in total. The average molecular weight is 393 g/mol.